The zero-order valence-corrected chi connectivity index (χ0v) is 8.43. The third-order valence-electron chi connectivity index (χ3n) is 3.50. The van der Waals surface area contributed by atoms with E-state index >= 15 is 0 Å². The lowest BCUT2D eigenvalue weighted by Gasteiger charge is -2.25. The van der Waals surface area contributed by atoms with E-state index in [2.05, 4.69) is 11.2 Å². The van der Waals surface area contributed by atoms with Crippen LogP contribution < -0.4 is 0 Å². The SMILES string of the molecule is N#C[C@H]1C[C@@H]1c1nn(C2CCC2)cc1O. The van der Waals surface area contributed by atoms with E-state index in [1.54, 1.807) is 6.20 Å². The largest absolute Gasteiger partial charge is 0.504 e. The summed E-state index contributed by atoms with van der Waals surface area (Å²) in [5.74, 6) is 0.515. The minimum absolute atomic E-state index is 0.0700. The van der Waals surface area contributed by atoms with Crippen molar-refractivity contribution in [3.8, 4) is 11.8 Å². The highest BCUT2D eigenvalue weighted by molar-refractivity contribution is 5.33. The number of aromatic hydroxyl groups is 1. The van der Waals surface area contributed by atoms with Crippen molar-refractivity contribution in [2.45, 2.75) is 37.6 Å². The van der Waals surface area contributed by atoms with E-state index in [1.807, 2.05) is 4.68 Å². The van der Waals surface area contributed by atoms with Crippen molar-refractivity contribution in [2.24, 2.45) is 5.92 Å². The molecule has 4 nitrogen and oxygen atoms in total. The van der Waals surface area contributed by atoms with Gasteiger partial charge < -0.3 is 5.11 Å². The molecule has 1 N–H and O–H groups in total. The Balaban J connectivity index is 1.83. The van der Waals surface area contributed by atoms with Crippen molar-refractivity contribution < 1.29 is 5.11 Å². The summed E-state index contributed by atoms with van der Waals surface area (Å²) in [6, 6.07) is 2.70. The van der Waals surface area contributed by atoms with Crippen LogP contribution in [0.1, 0.15) is 43.3 Å². The van der Waals surface area contributed by atoms with Crippen molar-refractivity contribution in [3.05, 3.63) is 11.9 Å². The smallest absolute Gasteiger partial charge is 0.157 e. The van der Waals surface area contributed by atoms with Crippen molar-refractivity contribution >= 4 is 0 Å². The van der Waals surface area contributed by atoms with Gasteiger partial charge >= 0.3 is 0 Å². The molecule has 1 heterocycles. The Labute approximate surface area is 88.1 Å². The molecule has 4 heteroatoms. The summed E-state index contributed by atoms with van der Waals surface area (Å²) < 4.78 is 1.88. The summed E-state index contributed by atoms with van der Waals surface area (Å²) in [6.45, 7) is 0. The van der Waals surface area contributed by atoms with Crippen LogP contribution in [-0.2, 0) is 0 Å². The Bertz CT molecular complexity index is 428. The van der Waals surface area contributed by atoms with Crippen LogP contribution in [0.25, 0.3) is 0 Å². The van der Waals surface area contributed by atoms with Crippen LogP contribution in [0.3, 0.4) is 0 Å². The van der Waals surface area contributed by atoms with Gasteiger partial charge in [-0.15, -0.1) is 0 Å². The number of hydrogen-bond acceptors (Lipinski definition) is 3. The van der Waals surface area contributed by atoms with E-state index in [9.17, 15) is 5.11 Å². The van der Waals surface area contributed by atoms with Crippen molar-refractivity contribution in [3.63, 3.8) is 0 Å². The minimum atomic E-state index is 0.0700. The van der Waals surface area contributed by atoms with E-state index in [1.165, 1.54) is 6.42 Å². The van der Waals surface area contributed by atoms with Crippen LogP contribution in [0.4, 0.5) is 0 Å². The highest BCUT2D eigenvalue weighted by atomic mass is 16.3. The molecule has 2 aliphatic rings. The van der Waals surface area contributed by atoms with E-state index in [4.69, 9.17) is 5.26 Å². The fourth-order valence-electron chi connectivity index (χ4n) is 2.14. The third-order valence-corrected chi connectivity index (χ3v) is 3.50. The Morgan fingerprint density at radius 1 is 1.53 bits per heavy atom. The molecule has 0 radical (unpaired) electrons. The number of aromatic nitrogens is 2. The Hall–Kier alpha value is -1.50. The van der Waals surface area contributed by atoms with Crippen LogP contribution in [0.2, 0.25) is 0 Å². The molecule has 0 unspecified atom stereocenters. The van der Waals surface area contributed by atoms with Gasteiger partial charge in [-0.1, -0.05) is 0 Å². The van der Waals surface area contributed by atoms with E-state index < -0.39 is 0 Å². The van der Waals surface area contributed by atoms with Crippen molar-refractivity contribution in [1.29, 1.82) is 5.26 Å². The molecule has 0 aliphatic heterocycles. The summed E-state index contributed by atoms with van der Waals surface area (Å²) in [7, 11) is 0. The maximum Gasteiger partial charge on any atom is 0.157 e. The van der Waals surface area contributed by atoms with Crippen LogP contribution in [-0.4, -0.2) is 14.9 Å². The molecule has 0 aromatic carbocycles. The minimum Gasteiger partial charge on any atom is -0.504 e. The Morgan fingerprint density at radius 2 is 2.33 bits per heavy atom. The maximum absolute atomic E-state index is 9.73. The Morgan fingerprint density at radius 3 is 2.87 bits per heavy atom. The molecular formula is C11H13N3O. The first-order chi connectivity index (χ1) is 7.29. The predicted molar refractivity (Wildman–Crippen MR) is 53.2 cm³/mol. The zero-order chi connectivity index (χ0) is 10.4. The van der Waals surface area contributed by atoms with Gasteiger partial charge in [0.2, 0.25) is 0 Å². The average molecular weight is 203 g/mol. The molecule has 2 fully saturated rings. The fourth-order valence-corrected chi connectivity index (χ4v) is 2.14. The van der Waals surface area contributed by atoms with Crippen LogP contribution in [0.5, 0.6) is 5.75 Å². The van der Waals surface area contributed by atoms with Gasteiger partial charge in [0.05, 0.1) is 24.2 Å². The van der Waals surface area contributed by atoms with Gasteiger partial charge in [0.25, 0.3) is 0 Å². The van der Waals surface area contributed by atoms with Crippen molar-refractivity contribution in [2.75, 3.05) is 0 Å². The predicted octanol–water partition coefficient (Wildman–Crippen LogP) is 1.94. The maximum atomic E-state index is 9.73. The number of rotatable bonds is 2. The van der Waals surface area contributed by atoms with Gasteiger partial charge in [0, 0.05) is 5.92 Å². The first kappa shape index (κ1) is 8.78. The first-order valence-corrected chi connectivity index (χ1v) is 5.47. The van der Waals surface area contributed by atoms with Crippen molar-refractivity contribution in [1.82, 2.24) is 9.78 Å². The summed E-state index contributed by atoms with van der Waals surface area (Å²) in [5, 5.41) is 22.9. The lowest BCUT2D eigenvalue weighted by atomic mass is 9.93. The molecule has 0 bridgehead atoms. The van der Waals surface area contributed by atoms with Crippen LogP contribution in [0.15, 0.2) is 6.20 Å². The molecule has 2 saturated carbocycles. The number of hydrogen-bond donors (Lipinski definition) is 1. The average Bonchev–Trinajstić information content (AvgIpc) is 2.82. The standard InChI is InChI=1S/C11H13N3O/c12-5-7-4-9(7)11-10(15)6-14(13-11)8-2-1-3-8/h6-9,15H,1-4H2/t7-,9+/m1/s1. The third kappa shape index (κ3) is 1.30. The number of nitriles is 1. The first-order valence-electron chi connectivity index (χ1n) is 5.47. The molecular weight excluding hydrogens is 190 g/mol. The highest BCUT2D eigenvalue weighted by Gasteiger charge is 2.42. The van der Waals surface area contributed by atoms with Gasteiger partial charge in [-0.2, -0.15) is 10.4 Å². The summed E-state index contributed by atoms with van der Waals surface area (Å²) in [4.78, 5) is 0. The Kier molecular flexibility index (Phi) is 1.75. The zero-order valence-electron chi connectivity index (χ0n) is 8.43. The van der Waals surface area contributed by atoms with E-state index in [0.717, 1.165) is 25.0 Å². The van der Waals surface area contributed by atoms with Crippen LogP contribution >= 0.6 is 0 Å². The summed E-state index contributed by atoms with van der Waals surface area (Å²) >= 11 is 0. The lowest BCUT2D eigenvalue weighted by molar-refractivity contribution is 0.287. The topological polar surface area (TPSA) is 61.8 Å². The summed E-state index contributed by atoms with van der Waals surface area (Å²) in [5.41, 5.74) is 0.730. The molecule has 1 aromatic rings. The highest BCUT2D eigenvalue weighted by Crippen LogP contribution is 2.49. The second-order valence-electron chi connectivity index (χ2n) is 4.54. The quantitative estimate of drug-likeness (QED) is 0.799. The molecule has 3 rings (SSSR count). The van der Waals surface area contributed by atoms with Crippen LogP contribution in [0, 0.1) is 17.2 Å². The lowest BCUT2D eigenvalue weighted by Crippen LogP contribution is -2.17. The molecule has 2 aliphatic carbocycles. The van der Waals surface area contributed by atoms with Gasteiger partial charge in [-0.25, -0.2) is 0 Å². The molecule has 1 aromatic heterocycles. The van der Waals surface area contributed by atoms with Gasteiger partial charge in [0.15, 0.2) is 5.75 Å². The second-order valence-corrected chi connectivity index (χ2v) is 4.54. The molecule has 0 amide bonds. The fraction of sp³-hybridized carbons (Fsp3) is 0.636. The summed E-state index contributed by atoms with van der Waals surface area (Å²) in [6.07, 6.45) is 6.14. The van der Waals surface area contributed by atoms with E-state index in [0.29, 0.717) is 6.04 Å². The molecule has 0 spiro atoms. The monoisotopic (exact) mass is 203 g/mol. The molecule has 15 heavy (non-hydrogen) atoms. The van der Waals surface area contributed by atoms with Gasteiger partial charge in [-0.3, -0.25) is 4.68 Å². The van der Waals surface area contributed by atoms with E-state index in [-0.39, 0.29) is 17.6 Å². The molecule has 0 saturated heterocycles. The normalized spacial score (nSPS) is 29.5. The molecule has 78 valence electrons. The van der Waals surface area contributed by atoms with Gasteiger partial charge in [0.1, 0.15) is 5.69 Å². The van der Waals surface area contributed by atoms with Gasteiger partial charge in [-0.05, 0) is 25.7 Å². The molecule has 2 atom stereocenters. The number of nitrogens with zero attached hydrogens (tertiary/aromatic N) is 3. The second kappa shape index (κ2) is 2.99.